The van der Waals surface area contributed by atoms with Crippen LogP contribution in [-0.4, -0.2) is 23.8 Å². The Balaban J connectivity index is 1.38. The lowest BCUT2D eigenvalue weighted by molar-refractivity contribution is -0.245. The van der Waals surface area contributed by atoms with E-state index in [1.54, 1.807) is 6.92 Å². The summed E-state index contributed by atoms with van der Waals surface area (Å²) in [5.74, 6) is 1.89. The number of carbonyl (C=O) groups excluding carboxylic acids is 1. The molecule has 0 bridgehead atoms. The van der Waals surface area contributed by atoms with Crippen LogP contribution in [0.4, 0.5) is 0 Å². The highest BCUT2D eigenvalue weighted by Gasteiger charge is 2.84. The summed E-state index contributed by atoms with van der Waals surface area (Å²) in [5, 5.41) is 0. The first kappa shape index (κ1) is 24.7. The highest BCUT2D eigenvalue weighted by molar-refractivity contribution is 5.66. The average Bonchev–Trinajstić information content (AvgIpc) is 3.48. The Morgan fingerprint density at radius 3 is 2.17 bits per heavy atom. The molecule has 10 atom stereocenters. The molecule has 6 rings (SSSR count). The van der Waals surface area contributed by atoms with Crippen LogP contribution < -0.4 is 0 Å². The van der Waals surface area contributed by atoms with E-state index in [0.717, 1.165) is 6.42 Å². The zero-order chi connectivity index (χ0) is 25.4. The van der Waals surface area contributed by atoms with Crippen molar-refractivity contribution in [3.8, 4) is 0 Å². The molecule has 198 valence electrons. The highest BCUT2D eigenvalue weighted by atomic mass is 16.6. The van der Waals surface area contributed by atoms with Crippen molar-refractivity contribution in [3.63, 3.8) is 0 Å². The molecule has 3 nitrogen and oxygen atoms in total. The summed E-state index contributed by atoms with van der Waals surface area (Å²) >= 11 is 0. The molecular weight excluding hydrogens is 432 g/mol. The lowest BCUT2D eigenvalue weighted by Crippen LogP contribution is -2.70. The van der Waals surface area contributed by atoms with Gasteiger partial charge in [-0.15, -0.1) is 0 Å². The van der Waals surface area contributed by atoms with Gasteiger partial charge < -0.3 is 9.47 Å². The van der Waals surface area contributed by atoms with Gasteiger partial charge in [0.15, 0.2) is 0 Å². The van der Waals surface area contributed by atoms with Gasteiger partial charge in [-0.3, -0.25) is 4.79 Å². The second-order valence-electron chi connectivity index (χ2n) is 16.6. The fourth-order valence-corrected chi connectivity index (χ4v) is 12.1. The first-order valence-electron chi connectivity index (χ1n) is 14.9. The summed E-state index contributed by atoms with van der Waals surface area (Å²) in [6.07, 6.45) is 13.3. The van der Waals surface area contributed by atoms with E-state index in [9.17, 15) is 4.79 Å². The maximum absolute atomic E-state index is 11.9. The quantitative estimate of drug-likeness (QED) is 0.280. The van der Waals surface area contributed by atoms with E-state index in [1.807, 2.05) is 0 Å². The van der Waals surface area contributed by atoms with Crippen LogP contribution in [0.25, 0.3) is 0 Å². The Bertz CT molecular complexity index is 937. The van der Waals surface area contributed by atoms with E-state index < -0.39 is 0 Å². The Hall–Kier alpha value is -0.570. The number of fused-ring (bicyclic) bond motifs is 5. The van der Waals surface area contributed by atoms with Crippen LogP contribution in [-0.2, 0) is 14.3 Å². The molecular formula is C32H52O3. The van der Waals surface area contributed by atoms with Crippen molar-refractivity contribution in [1.82, 2.24) is 0 Å². The van der Waals surface area contributed by atoms with Crippen molar-refractivity contribution < 1.29 is 14.3 Å². The number of epoxide rings is 1. The van der Waals surface area contributed by atoms with Crippen molar-refractivity contribution in [2.24, 2.45) is 50.2 Å². The summed E-state index contributed by atoms with van der Waals surface area (Å²) in [7, 11) is 0. The van der Waals surface area contributed by atoms with Crippen LogP contribution in [0.2, 0.25) is 0 Å². The maximum Gasteiger partial charge on any atom is 0.302 e. The number of hydrogen-bond acceptors (Lipinski definition) is 3. The van der Waals surface area contributed by atoms with Crippen molar-refractivity contribution in [1.29, 1.82) is 0 Å². The summed E-state index contributed by atoms with van der Waals surface area (Å²) in [5.41, 5.74) is 1.90. The number of carbonyl (C=O) groups is 1. The van der Waals surface area contributed by atoms with Gasteiger partial charge in [-0.05, 0) is 104 Å². The van der Waals surface area contributed by atoms with Gasteiger partial charge in [0.25, 0.3) is 0 Å². The predicted molar refractivity (Wildman–Crippen MR) is 140 cm³/mol. The van der Waals surface area contributed by atoms with Gasteiger partial charge in [-0.1, -0.05) is 55.4 Å². The van der Waals surface area contributed by atoms with Gasteiger partial charge in [0.05, 0.1) is 6.10 Å². The average molecular weight is 485 g/mol. The van der Waals surface area contributed by atoms with Crippen molar-refractivity contribution in [3.05, 3.63) is 0 Å². The number of rotatable bonds is 1. The van der Waals surface area contributed by atoms with Crippen LogP contribution >= 0.6 is 0 Å². The largest absolute Gasteiger partial charge is 0.462 e. The van der Waals surface area contributed by atoms with Gasteiger partial charge in [-0.25, -0.2) is 0 Å². The van der Waals surface area contributed by atoms with Gasteiger partial charge in [0.1, 0.15) is 11.7 Å². The van der Waals surface area contributed by atoms with E-state index in [4.69, 9.17) is 9.47 Å². The fraction of sp³-hybridized carbons (Fsp3) is 0.969. The summed E-state index contributed by atoms with van der Waals surface area (Å²) < 4.78 is 13.1. The minimum atomic E-state index is -0.116. The Kier molecular flexibility index (Phi) is 4.87. The molecule has 0 N–H and O–H groups in total. The molecule has 6 fully saturated rings. The highest BCUT2D eigenvalue weighted by Crippen LogP contribution is 2.83. The molecule has 1 aliphatic heterocycles. The maximum atomic E-state index is 11.9. The van der Waals surface area contributed by atoms with E-state index in [1.165, 1.54) is 57.8 Å². The molecule has 3 heteroatoms. The Morgan fingerprint density at radius 1 is 0.800 bits per heavy atom. The lowest BCUT2D eigenvalue weighted by atomic mass is 9.31. The predicted octanol–water partition coefficient (Wildman–Crippen LogP) is 7.95. The summed E-state index contributed by atoms with van der Waals surface area (Å²) in [6, 6.07) is 0. The van der Waals surface area contributed by atoms with Gasteiger partial charge in [-0.2, -0.15) is 0 Å². The molecule has 1 saturated heterocycles. The van der Waals surface area contributed by atoms with Gasteiger partial charge in [0.2, 0.25) is 0 Å². The molecule has 5 aliphatic carbocycles. The summed E-state index contributed by atoms with van der Waals surface area (Å²) in [6.45, 7) is 22.0. The first-order valence-corrected chi connectivity index (χ1v) is 14.9. The zero-order valence-electron chi connectivity index (χ0n) is 24.2. The smallest absolute Gasteiger partial charge is 0.302 e. The monoisotopic (exact) mass is 484 g/mol. The van der Waals surface area contributed by atoms with E-state index in [0.29, 0.717) is 45.5 Å². The topological polar surface area (TPSA) is 38.8 Å². The van der Waals surface area contributed by atoms with Crippen LogP contribution in [0.3, 0.4) is 0 Å². The molecule has 0 unspecified atom stereocenters. The lowest BCUT2D eigenvalue weighted by Gasteiger charge is -2.72. The van der Waals surface area contributed by atoms with E-state index in [-0.39, 0.29) is 28.5 Å². The molecule has 1 spiro atoms. The van der Waals surface area contributed by atoms with E-state index in [2.05, 4.69) is 55.4 Å². The zero-order valence-corrected chi connectivity index (χ0v) is 24.2. The minimum Gasteiger partial charge on any atom is -0.462 e. The molecule has 0 aromatic heterocycles. The third-order valence-electron chi connectivity index (χ3n) is 14.3. The third kappa shape index (κ3) is 2.86. The fourth-order valence-electron chi connectivity index (χ4n) is 12.1. The molecule has 0 radical (unpaired) electrons. The molecule has 0 aromatic carbocycles. The third-order valence-corrected chi connectivity index (χ3v) is 14.3. The van der Waals surface area contributed by atoms with Gasteiger partial charge >= 0.3 is 5.97 Å². The van der Waals surface area contributed by atoms with E-state index >= 15 is 0 Å². The molecule has 35 heavy (non-hydrogen) atoms. The van der Waals surface area contributed by atoms with Crippen LogP contribution in [0.15, 0.2) is 0 Å². The van der Waals surface area contributed by atoms with Crippen LogP contribution in [0.5, 0.6) is 0 Å². The SMILES string of the molecule is CC(=O)O[C@H]1CC[C@]2(C)[C@H]3C[C@@H]4O[C@@]45[C@@H]4CC(C)(C)CC[C@]4(C)CC[C@@]5(C)[C@]3(C)CC[C@H]2C1(C)C. The summed E-state index contributed by atoms with van der Waals surface area (Å²) in [4.78, 5) is 11.9. The second-order valence-corrected chi connectivity index (χ2v) is 16.6. The molecule has 0 aromatic rings. The van der Waals surface area contributed by atoms with Crippen molar-refractivity contribution in [2.75, 3.05) is 0 Å². The first-order chi connectivity index (χ1) is 16.1. The number of ether oxygens (including phenoxy) is 2. The number of esters is 1. The van der Waals surface area contributed by atoms with Gasteiger partial charge in [0, 0.05) is 17.8 Å². The molecule has 1 heterocycles. The van der Waals surface area contributed by atoms with Crippen molar-refractivity contribution in [2.45, 2.75) is 144 Å². The molecule has 6 aliphatic rings. The standard InChI is InChI=1S/C32H52O3/c1-20(33)34-24-11-12-29(7)21(27(24,4)5)10-13-30(8)22(29)18-25-32(35-25)23-19-26(2,3)14-15-28(23,6)16-17-31(30,32)9/h21-25H,10-19H2,1-9H3/t21-,22+,23+,24-,25-,28+,29-,30+,31-,32-/m0/s1. The minimum absolute atomic E-state index is 0.0262. The molecule has 5 saturated carbocycles. The van der Waals surface area contributed by atoms with Crippen LogP contribution in [0.1, 0.15) is 127 Å². The number of hydrogen-bond donors (Lipinski definition) is 0. The Labute approximate surface area is 214 Å². The molecule has 0 amide bonds. The second kappa shape index (κ2) is 6.89. The Morgan fingerprint density at radius 2 is 1.49 bits per heavy atom. The van der Waals surface area contributed by atoms with Crippen molar-refractivity contribution >= 4 is 5.97 Å². The normalized spacial score (nSPS) is 57.5. The van der Waals surface area contributed by atoms with Crippen LogP contribution in [0, 0.1) is 50.2 Å².